The van der Waals surface area contributed by atoms with Crippen molar-refractivity contribution in [2.24, 2.45) is 0 Å². The lowest BCUT2D eigenvalue weighted by atomic mass is 10.2. The lowest BCUT2D eigenvalue weighted by Gasteiger charge is -2.17. The molecular formula is C18H12F3N5O. The van der Waals surface area contributed by atoms with Crippen LogP contribution in [0.3, 0.4) is 0 Å². The van der Waals surface area contributed by atoms with E-state index in [1.165, 1.54) is 12.4 Å². The standard InChI is InChI=1S/C18H12F3N5O/c1-2-17(5-6-17)25-15-12-10-23-14(18(19,20)21)8-13(12)26(16(27)24-15)11-4-3-7-22-9-11/h1,3-4,7-10H,5-6H2,(H,24,25,27). The van der Waals surface area contributed by atoms with E-state index >= 15 is 0 Å². The Hall–Kier alpha value is -3.41. The molecule has 0 aliphatic heterocycles. The van der Waals surface area contributed by atoms with Crippen LogP contribution in [0.25, 0.3) is 16.6 Å². The van der Waals surface area contributed by atoms with Gasteiger partial charge in [-0.1, -0.05) is 5.92 Å². The van der Waals surface area contributed by atoms with Gasteiger partial charge in [0.15, 0.2) is 0 Å². The summed E-state index contributed by atoms with van der Waals surface area (Å²) in [6.07, 6.45) is 6.13. The topological polar surface area (TPSA) is 72.7 Å². The Kier molecular flexibility index (Phi) is 3.66. The number of hydrogen-bond acceptors (Lipinski definition) is 5. The molecule has 0 bridgehead atoms. The van der Waals surface area contributed by atoms with Crippen molar-refractivity contribution >= 4 is 16.7 Å². The molecule has 1 N–H and O–H groups in total. The number of terminal acetylenes is 1. The first-order valence-corrected chi connectivity index (χ1v) is 7.99. The zero-order chi connectivity index (χ0) is 19.2. The van der Waals surface area contributed by atoms with Crippen molar-refractivity contribution in [3.05, 3.63) is 53.0 Å². The van der Waals surface area contributed by atoms with E-state index in [4.69, 9.17) is 6.42 Å². The predicted octanol–water partition coefficient (Wildman–Crippen LogP) is 2.77. The van der Waals surface area contributed by atoms with Crippen LogP contribution in [0, 0.1) is 12.3 Å². The predicted molar refractivity (Wildman–Crippen MR) is 92.4 cm³/mol. The third kappa shape index (κ3) is 2.99. The van der Waals surface area contributed by atoms with Gasteiger partial charge in [0, 0.05) is 12.4 Å². The fourth-order valence-electron chi connectivity index (χ4n) is 2.76. The van der Waals surface area contributed by atoms with E-state index < -0.39 is 23.1 Å². The van der Waals surface area contributed by atoms with E-state index in [0.29, 0.717) is 18.5 Å². The fourth-order valence-corrected chi connectivity index (χ4v) is 2.76. The number of nitrogens with zero attached hydrogens (tertiary/aromatic N) is 4. The zero-order valence-corrected chi connectivity index (χ0v) is 13.8. The molecule has 9 heteroatoms. The number of pyridine rings is 2. The summed E-state index contributed by atoms with van der Waals surface area (Å²) < 4.78 is 40.6. The normalized spacial score (nSPS) is 15.3. The van der Waals surface area contributed by atoms with Crippen LogP contribution < -0.4 is 11.0 Å². The summed E-state index contributed by atoms with van der Waals surface area (Å²) in [5, 5.41) is 3.26. The van der Waals surface area contributed by atoms with Gasteiger partial charge in [0.1, 0.15) is 11.5 Å². The van der Waals surface area contributed by atoms with Crippen molar-refractivity contribution in [3.63, 3.8) is 0 Å². The van der Waals surface area contributed by atoms with Crippen molar-refractivity contribution in [1.82, 2.24) is 19.5 Å². The van der Waals surface area contributed by atoms with Gasteiger partial charge >= 0.3 is 11.9 Å². The molecule has 0 saturated heterocycles. The number of anilines is 1. The summed E-state index contributed by atoms with van der Waals surface area (Å²) in [4.78, 5) is 24.0. The molecule has 0 aromatic carbocycles. The molecule has 0 amide bonds. The number of fused-ring (bicyclic) bond motifs is 1. The Morgan fingerprint density at radius 1 is 1.30 bits per heavy atom. The monoisotopic (exact) mass is 371 g/mol. The van der Waals surface area contributed by atoms with Crippen LogP contribution in [0.2, 0.25) is 0 Å². The summed E-state index contributed by atoms with van der Waals surface area (Å²) in [5.74, 6) is 2.71. The quantitative estimate of drug-likeness (QED) is 0.717. The molecule has 27 heavy (non-hydrogen) atoms. The summed E-state index contributed by atoms with van der Waals surface area (Å²) >= 11 is 0. The first-order chi connectivity index (χ1) is 12.8. The molecule has 136 valence electrons. The Morgan fingerprint density at radius 3 is 2.67 bits per heavy atom. The largest absolute Gasteiger partial charge is 0.433 e. The van der Waals surface area contributed by atoms with Crippen LogP contribution in [-0.4, -0.2) is 25.1 Å². The average molecular weight is 371 g/mol. The average Bonchev–Trinajstić information content (AvgIpc) is 3.41. The van der Waals surface area contributed by atoms with Crippen molar-refractivity contribution < 1.29 is 13.2 Å². The molecule has 3 aromatic rings. The second-order valence-electron chi connectivity index (χ2n) is 6.23. The number of aromatic nitrogens is 4. The third-order valence-corrected chi connectivity index (χ3v) is 4.36. The van der Waals surface area contributed by atoms with Gasteiger partial charge in [-0.2, -0.15) is 18.2 Å². The number of hydrogen-bond donors (Lipinski definition) is 1. The first kappa shape index (κ1) is 17.0. The Bertz CT molecular complexity index is 1130. The molecular weight excluding hydrogens is 359 g/mol. The maximum Gasteiger partial charge on any atom is 0.433 e. The minimum Gasteiger partial charge on any atom is -0.353 e. The second-order valence-corrected chi connectivity index (χ2v) is 6.23. The van der Waals surface area contributed by atoms with Gasteiger partial charge in [-0.15, -0.1) is 6.42 Å². The van der Waals surface area contributed by atoms with Crippen LogP contribution in [-0.2, 0) is 6.18 Å². The molecule has 1 aliphatic carbocycles. The lowest BCUT2D eigenvalue weighted by Crippen LogP contribution is -2.27. The van der Waals surface area contributed by atoms with E-state index in [0.717, 1.165) is 16.8 Å². The maximum atomic E-state index is 13.2. The summed E-state index contributed by atoms with van der Waals surface area (Å²) in [5.41, 5.74) is -2.17. The van der Waals surface area contributed by atoms with Crippen molar-refractivity contribution in [3.8, 4) is 18.0 Å². The van der Waals surface area contributed by atoms with E-state index in [9.17, 15) is 18.0 Å². The van der Waals surface area contributed by atoms with Gasteiger partial charge in [0.2, 0.25) is 0 Å². The third-order valence-electron chi connectivity index (χ3n) is 4.36. The minimum absolute atomic E-state index is 0.0145. The second kappa shape index (κ2) is 5.81. The summed E-state index contributed by atoms with van der Waals surface area (Å²) in [6, 6.07) is 3.95. The Labute approximate surface area is 151 Å². The molecule has 0 spiro atoms. The molecule has 1 fully saturated rings. The van der Waals surface area contributed by atoms with Crippen LogP contribution in [0.5, 0.6) is 0 Å². The van der Waals surface area contributed by atoms with Crippen molar-refractivity contribution in [2.75, 3.05) is 5.32 Å². The number of halogens is 3. The lowest BCUT2D eigenvalue weighted by molar-refractivity contribution is -0.141. The maximum absolute atomic E-state index is 13.2. The van der Waals surface area contributed by atoms with Gasteiger partial charge in [-0.05, 0) is 31.0 Å². The minimum atomic E-state index is -4.66. The van der Waals surface area contributed by atoms with E-state index in [-0.39, 0.29) is 16.7 Å². The van der Waals surface area contributed by atoms with Gasteiger partial charge in [0.25, 0.3) is 0 Å². The molecule has 1 saturated carbocycles. The smallest absolute Gasteiger partial charge is 0.353 e. The van der Waals surface area contributed by atoms with E-state index in [1.54, 1.807) is 12.1 Å². The highest BCUT2D eigenvalue weighted by Crippen LogP contribution is 2.39. The highest BCUT2D eigenvalue weighted by Gasteiger charge is 2.42. The molecule has 4 rings (SSSR count). The SMILES string of the molecule is C#CC1(Nc2nc(=O)n(-c3cccnc3)c3cc(C(F)(F)F)ncc23)CC1. The number of nitrogens with one attached hydrogen (secondary N) is 1. The highest BCUT2D eigenvalue weighted by molar-refractivity contribution is 5.90. The molecule has 3 heterocycles. The molecule has 3 aromatic heterocycles. The Balaban J connectivity index is 2.01. The van der Waals surface area contributed by atoms with Crippen LogP contribution in [0.15, 0.2) is 41.6 Å². The van der Waals surface area contributed by atoms with Gasteiger partial charge in [-0.3, -0.25) is 14.5 Å². The molecule has 6 nitrogen and oxygen atoms in total. The van der Waals surface area contributed by atoms with Crippen molar-refractivity contribution in [1.29, 1.82) is 0 Å². The van der Waals surface area contributed by atoms with E-state index in [2.05, 4.69) is 26.2 Å². The molecule has 1 aliphatic rings. The van der Waals surface area contributed by atoms with E-state index in [1.807, 2.05) is 0 Å². The van der Waals surface area contributed by atoms with Crippen LogP contribution in [0.4, 0.5) is 19.0 Å². The van der Waals surface area contributed by atoms with Crippen molar-refractivity contribution in [2.45, 2.75) is 24.6 Å². The van der Waals surface area contributed by atoms with Gasteiger partial charge in [0.05, 0.1) is 28.3 Å². The zero-order valence-electron chi connectivity index (χ0n) is 13.8. The molecule has 0 unspecified atom stereocenters. The first-order valence-electron chi connectivity index (χ1n) is 7.99. The van der Waals surface area contributed by atoms with Gasteiger partial charge < -0.3 is 5.32 Å². The highest BCUT2D eigenvalue weighted by atomic mass is 19.4. The molecule has 0 radical (unpaired) electrons. The van der Waals surface area contributed by atoms with Crippen LogP contribution >= 0.6 is 0 Å². The Morgan fingerprint density at radius 2 is 2.07 bits per heavy atom. The number of alkyl halides is 3. The van der Waals surface area contributed by atoms with Crippen LogP contribution in [0.1, 0.15) is 18.5 Å². The summed E-state index contributed by atoms with van der Waals surface area (Å²) in [7, 11) is 0. The molecule has 0 atom stereocenters. The van der Waals surface area contributed by atoms with Gasteiger partial charge in [-0.25, -0.2) is 4.79 Å². The fraction of sp³-hybridized carbons (Fsp3) is 0.222. The number of rotatable bonds is 3. The summed E-state index contributed by atoms with van der Waals surface area (Å²) in [6.45, 7) is 0.